The molecule has 1 unspecified atom stereocenters. The molecule has 3 aromatic rings. The average molecular weight is 492 g/mol. The maximum atomic E-state index is 14.4. The molecule has 0 spiro atoms. The van der Waals surface area contributed by atoms with Crippen LogP contribution in [0.15, 0.2) is 121 Å². The van der Waals surface area contributed by atoms with Crippen molar-refractivity contribution < 1.29 is 14.4 Å². The van der Waals surface area contributed by atoms with E-state index in [0.29, 0.717) is 16.9 Å². The third kappa shape index (κ3) is 5.76. The van der Waals surface area contributed by atoms with E-state index in [1.165, 1.54) is 4.90 Å². The molecule has 0 saturated carbocycles. The van der Waals surface area contributed by atoms with Gasteiger partial charge in [0.25, 0.3) is 11.8 Å². The van der Waals surface area contributed by atoms with Crippen LogP contribution in [0.3, 0.4) is 0 Å². The monoisotopic (exact) mass is 491 g/mol. The molecule has 0 fully saturated rings. The smallest absolute Gasteiger partial charge is 0.257 e. The van der Waals surface area contributed by atoms with Gasteiger partial charge < -0.3 is 10.6 Å². The molecular weight excluding hydrogens is 462 g/mol. The summed E-state index contributed by atoms with van der Waals surface area (Å²) in [6.45, 7) is 5.98. The van der Waals surface area contributed by atoms with Gasteiger partial charge in [0.1, 0.15) is 0 Å². The average Bonchev–Trinajstić information content (AvgIpc) is 2.92. The lowest BCUT2D eigenvalue weighted by Gasteiger charge is -2.37. The fourth-order valence-corrected chi connectivity index (χ4v) is 4.30. The number of fused-ring (bicyclic) bond motifs is 1. The quantitative estimate of drug-likeness (QED) is 0.345. The molecule has 37 heavy (non-hydrogen) atoms. The van der Waals surface area contributed by atoms with Gasteiger partial charge in [-0.25, -0.2) is 0 Å². The van der Waals surface area contributed by atoms with Crippen molar-refractivity contribution in [3.63, 3.8) is 0 Å². The second kappa shape index (κ2) is 11.8. The minimum atomic E-state index is -1.38. The molecule has 0 radical (unpaired) electrons. The van der Waals surface area contributed by atoms with Crippen LogP contribution < -0.4 is 15.5 Å². The van der Waals surface area contributed by atoms with Crippen LogP contribution in [0.2, 0.25) is 0 Å². The Morgan fingerprint density at radius 2 is 1.54 bits per heavy atom. The molecule has 3 aromatic carbocycles. The number of amides is 3. The van der Waals surface area contributed by atoms with Crippen LogP contribution in [0.4, 0.5) is 11.4 Å². The summed E-state index contributed by atoms with van der Waals surface area (Å²) in [4.78, 5) is 42.4. The Kier molecular flexibility index (Phi) is 8.11. The summed E-state index contributed by atoms with van der Waals surface area (Å²) in [7, 11) is 0. The Bertz CT molecular complexity index is 1310. The SMILES string of the molecule is C=C(/C=C\C=C/C)CNC(=O)C1C(=O)Nc2ccccc2N1C(=O)C(c1ccccc1)c1ccccc1. The lowest BCUT2D eigenvalue weighted by Crippen LogP contribution is -2.59. The molecule has 3 amide bonds. The topological polar surface area (TPSA) is 78.5 Å². The van der Waals surface area contributed by atoms with E-state index in [1.54, 1.807) is 30.3 Å². The van der Waals surface area contributed by atoms with Crippen molar-refractivity contribution in [2.45, 2.75) is 18.9 Å². The van der Waals surface area contributed by atoms with E-state index >= 15 is 0 Å². The van der Waals surface area contributed by atoms with Gasteiger partial charge in [-0.15, -0.1) is 0 Å². The van der Waals surface area contributed by atoms with Crippen molar-refractivity contribution in [3.8, 4) is 0 Å². The van der Waals surface area contributed by atoms with Crippen molar-refractivity contribution in [3.05, 3.63) is 133 Å². The highest BCUT2D eigenvalue weighted by molar-refractivity contribution is 6.22. The first-order chi connectivity index (χ1) is 18.0. The van der Waals surface area contributed by atoms with Crippen LogP contribution in [0.1, 0.15) is 24.0 Å². The van der Waals surface area contributed by atoms with Crippen LogP contribution in [0.25, 0.3) is 0 Å². The molecule has 6 heteroatoms. The van der Waals surface area contributed by atoms with Crippen molar-refractivity contribution >= 4 is 29.1 Å². The zero-order valence-corrected chi connectivity index (χ0v) is 20.6. The van der Waals surface area contributed by atoms with Crippen molar-refractivity contribution in [1.82, 2.24) is 5.32 Å². The summed E-state index contributed by atoms with van der Waals surface area (Å²) >= 11 is 0. The van der Waals surface area contributed by atoms with E-state index in [1.807, 2.05) is 85.8 Å². The van der Waals surface area contributed by atoms with E-state index in [2.05, 4.69) is 17.2 Å². The molecule has 1 aliphatic heterocycles. The zero-order valence-electron chi connectivity index (χ0n) is 20.6. The van der Waals surface area contributed by atoms with Crippen LogP contribution in [0, 0.1) is 0 Å². The highest BCUT2D eigenvalue weighted by Crippen LogP contribution is 2.36. The highest BCUT2D eigenvalue weighted by Gasteiger charge is 2.44. The molecule has 1 heterocycles. The first kappa shape index (κ1) is 25.4. The number of nitrogens with zero attached hydrogens (tertiary/aromatic N) is 1. The van der Waals surface area contributed by atoms with Crippen LogP contribution in [-0.4, -0.2) is 30.3 Å². The number of hydrogen-bond acceptors (Lipinski definition) is 3. The first-order valence-electron chi connectivity index (χ1n) is 12.1. The van der Waals surface area contributed by atoms with E-state index in [0.717, 1.165) is 11.1 Å². The predicted octanol–water partition coefficient (Wildman–Crippen LogP) is 4.98. The first-order valence-corrected chi connectivity index (χ1v) is 12.1. The second-order valence-corrected chi connectivity index (χ2v) is 8.63. The largest absolute Gasteiger partial charge is 0.350 e. The summed E-state index contributed by atoms with van der Waals surface area (Å²) in [6.07, 6.45) is 7.33. The van der Waals surface area contributed by atoms with Crippen LogP contribution >= 0.6 is 0 Å². The van der Waals surface area contributed by atoms with E-state index < -0.39 is 23.8 Å². The van der Waals surface area contributed by atoms with Gasteiger partial charge in [-0.3, -0.25) is 19.3 Å². The van der Waals surface area contributed by atoms with E-state index in [-0.39, 0.29) is 12.5 Å². The Morgan fingerprint density at radius 1 is 0.946 bits per heavy atom. The number of nitrogens with one attached hydrogen (secondary N) is 2. The number of allylic oxidation sites excluding steroid dienone is 3. The number of benzene rings is 3. The number of carbonyl (C=O) groups excluding carboxylic acids is 3. The lowest BCUT2D eigenvalue weighted by atomic mass is 9.88. The minimum absolute atomic E-state index is 0.140. The summed E-state index contributed by atoms with van der Waals surface area (Å²) in [5, 5.41) is 5.56. The van der Waals surface area contributed by atoms with Crippen LogP contribution in [-0.2, 0) is 14.4 Å². The number of hydrogen-bond donors (Lipinski definition) is 2. The molecule has 0 bridgehead atoms. The molecule has 6 nitrogen and oxygen atoms in total. The van der Waals surface area contributed by atoms with Crippen LogP contribution in [0.5, 0.6) is 0 Å². The van der Waals surface area contributed by atoms with Gasteiger partial charge in [0.05, 0.1) is 17.3 Å². The summed E-state index contributed by atoms with van der Waals surface area (Å²) in [5.74, 6) is -2.23. The number of carbonyl (C=O) groups is 3. The molecule has 186 valence electrons. The molecule has 0 aromatic heterocycles. The Morgan fingerprint density at radius 3 is 2.16 bits per heavy atom. The number of anilines is 2. The van der Waals surface area contributed by atoms with Gasteiger partial charge >= 0.3 is 0 Å². The van der Waals surface area contributed by atoms with Gasteiger partial charge in [0, 0.05) is 6.54 Å². The van der Waals surface area contributed by atoms with E-state index in [9.17, 15) is 14.4 Å². The molecule has 1 aliphatic rings. The normalized spacial score (nSPS) is 15.0. The Balaban J connectivity index is 1.73. The molecular formula is C31H29N3O3. The number of para-hydroxylation sites is 2. The maximum absolute atomic E-state index is 14.4. The summed E-state index contributed by atoms with van der Waals surface area (Å²) in [5.41, 5.74) is 3.14. The van der Waals surface area contributed by atoms with Gasteiger partial charge in [-0.1, -0.05) is 104 Å². The van der Waals surface area contributed by atoms with Gasteiger partial charge in [-0.2, -0.15) is 0 Å². The molecule has 1 atom stereocenters. The Hall–Kier alpha value is -4.71. The van der Waals surface area contributed by atoms with Gasteiger partial charge in [0.15, 0.2) is 6.04 Å². The van der Waals surface area contributed by atoms with Crippen molar-refractivity contribution in [2.75, 3.05) is 16.8 Å². The molecule has 0 saturated heterocycles. The minimum Gasteiger partial charge on any atom is -0.350 e. The Labute approximate surface area is 217 Å². The fraction of sp³-hybridized carbons (Fsp3) is 0.129. The molecule has 4 rings (SSSR count). The van der Waals surface area contributed by atoms with Gasteiger partial charge in [-0.05, 0) is 35.8 Å². The third-order valence-corrected chi connectivity index (χ3v) is 6.05. The zero-order chi connectivity index (χ0) is 26.2. The second-order valence-electron chi connectivity index (χ2n) is 8.63. The number of rotatable bonds is 8. The predicted molar refractivity (Wildman–Crippen MR) is 147 cm³/mol. The standard InChI is InChI=1S/C31H29N3O3/c1-3-4-7-14-22(2)21-32-29(35)28-30(36)33-25-19-12-13-20-26(25)34(28)31(37)27(23-15-8-5-9-16-23)24-17-10-6-11-18-24/h3-20,27-28H,2,21H2,1H3,(H,32,35)(H,33,36)/b4-3-,14-7-. The van der Waals surface area contributed by atoms with E-state index in [4.69, 9.17) is 0 Å². The fourth-order valence-electron chi connectivity index (χ4n) is 4.30. The van der Waals surface area contributed by atoms with Gasteiger partial charge in [0.2, 0.25) is 5.91 Å². The summed E-state index contributed by atoms with van der Waals surface area (Å²) < 4.78 is 0. The molecule has 2 N–H and O–H groups in total. The summed E-state index contributed by atoms with van der Waals surface area (Å²) in [6, 6.07) is 24.4. The third-order valence-electron chi connectivity index (χ3n) is 6.05. The maximum Gasteiger partial charge on any atom is 0.257 e. The van der Waals surface area contributed by atoms with Crippen molar-refractivity contribution in [1.29, 1.82) is 0 Å². The lowest BCUT2D eigenvalue weighted by molar-refractivity contribution is -0.132. The molecule has 0 aliphatic carbocycles. The van der Waals surface area contributed by atoms with Crippen molar-refractivity contribution in [2.24, 2.45) is 0 Å². The highest BCUT2D eigenvalue weighted by atomic mass is 16.2.